The number of hydrogen-bond donors (Lipinski definition) is 2. The van der Waals surface area contributed by atoms with Crippen LogP contribution < -0.4 is 5.73 Å². The highest BCUT2D eigenvalue weighted by atomic mass is 16.2. The molecule has 0 radical (unpaired) electrons. The van der Waals surface area contributed by atoms with Crippen LogP contribution in [0.25, 0.3) is 0 Å². The summed E-state index contributed by atoms with van der Waals surface area (Å²) in [5.74, 6) is 0.595. The highest BCUT2D eigenvalue weighted by Crippen LogP contribution is 2.33. The molecule has 1 amide bonds. The van der Waals surface area contributed by atoms with Gasteiger partial charge in [0.2, 0.25) is 5.91 Å². The molecule has 0 aromatic carbocycles. The van der Waals surface area contributed by atoms with Gasteiger partial charge >= 0.3 is 0 Å². The van der Waals surface area contributed by atoms with Crippen molar-refractivity contribution >= 4 is 12.1 Å². The van der Waals surface area contributed by atoms with Gasteiger partial charge in [0.1, 0.15) is 11.5 Å². The number of nitrogens with zero attached hydrogens (tertiary/aromatic N) is 2. The Morgan fingerprint density at radius 1 is 1.37 bits per heavy atom. The number of hydrogen-bond acceptors (Lipinski definition) is 4. The van der Waals surface area contributed by atoms with Gasteiger partial charge in [0, 0.05) is 25.8 Å². The number of allylic oxidation sites excluding steroid dienone is 1. The normalized spacial score (nSPS) is 24.9. The molecule has 0 atom stereocenters. The van der Waals surface area contributed by atoms with Gasteiger partial charge in [-0.3, -0.25) is 4.79 Å². The fourth-order valence-corrected chi connectivity index (χ4v) is 3.17. The van der Waals surface area contributed by atoms with Gasteiger partial charge in [0.25, 0.3) is 0 Å². The molecule has 0 spiro atoms. The number of nitrogens with two attached hydrogens (primary N) is 1. The summed E-state index contributed by atoms with van der Waals surface area (Å²) in [6.07, 6.45) is 5.88. The van der Waals surface area contributed by atoms with Gasteiger partial charge in [-0.2, -0.15) is 0 Å². The van der Waals surface area contributed by atoms with Gasteiger partial charge in [0.05, 0.1) is 5.41 Å². The molecule has 0 saturated heterocycles. The van der Waals surface area contributed by atoms with Crippen molar-refractivity contribution in [3.63, 3.8) is 0 Å². The average Bonchev–Trinajstić information content (AvgIpc) is 2.86. The maximum Gasteiger partial charge on any atom is 0.234 e. The Kier molecular flexibility index (Phi) is 3.56. The maximum atomic E-state index is 12.4. The molecular formula is C14H24N4O. The molecule has 2 aliphatic rings. The molecule has 1 saturated carbocycles. The molecule has 1 heterocycles. The highest BCUT2D eigenvalue weighted by Gasteiger charge is 2.40. The molecule has 0 bridgehead atoms. The van der Waals surface area contributed by atoms with Crippen molar-refractivity contribution in [1.82, 2.24) is 9.80 Å². The summed E-state index contributed by atoms with van der Waals surface area (Å²) in [5, 5.41) is 7.55. The molecular weight excluding hydrogens is 240 g/mol. The Morgan fingerprint density at radius 2 is 1.95 bits per heavy atom. The van der Waals surface area contributed by atoms with Crippen LogP contribution in [0.1, 0.15) is 39.5 Å². The zero-order chi connectivity index (χ0) is 14.2. The first-order chi connectivity index (χ1) is 8.88. The monoisotopic (exact) mass is 264 g/mol. The third kappa shape index (κ3) is 2.33. The lowest BCUT2D eigenvalue weighted by molar-refractivity contribution is -0.136. The average molecular weight is 264 g/mol. The van der Waals surface area contributed by atoms with E-state index in [4.69, 9.17) is 11.1 Å². The van der Waals surface area contributed by atoms with Crippen LogP contribution in [0.4, 0.5) is 0 Å². The van der Waals surface area contributed by atoms with Crippen LogP contribution in [0, 0.1) is 10.8 Å². The second-order valence-electron chi connectivity index (χ2n) is 6.23. The predicted octanol–water partition coefficient (Wildman–Crippen LogP) is 1.51. The third-order valence-corrected chi connectivity index (χ3v) is 4.28. The largest absolute Gasteiger partial charge is 0.384 e. The molecule has 1 aliphatic carbocycles. The summed E-state index contributed by atoms with van der Waals surface area (Å²) in [5.41, 5.74) is 6.28. The van der Waals surface area contributed by atoms with Gasteiger partial charge in [-0.15, -0.1) is 0 Å². The second-order valence-corrected chi connectivity index (χ2v) is 6.23. The SMILES string of the molecule is CN1C(=O)C(C)(C)CN(C2CCCC2)C(N)=C1C=N. The molecule has 106 valence electrons. The first kappa shape index (κ1) is 13.9. The van der Waals surface area contributed by atoms with Crippen molar-refractivity contribution in [1.29, 1.82) is 5.41 Å². The fraction of sp³-hybridized carbons (Fsp3) is 0.714. The minimum absolute atomic E-state index is 0.0226. The Morgan fingerprint density at radius 3 is 2.47 bits per heavy atom. The number of carbonyl (C=O) groups excluding carboxylic acids is 1. The standard InChI is InChI=1S/C14H24N4O/c1-14(2)9-18(10-6-4-5-7-10)12(16)11(8-15)17(3)13(14)19/h8,10,15H,4-7,9,16H2,1-3H3. The van der Waals surface area contributed by atoms with Crippen molar-refractivity contribution in [3.05, 3.63) is 11.5 Å². The first-order valence-corrected chi connectivity index (χ1v) is 6.93. The van der Waals surface area contributed by atoms with E-state index in [2.05, 4.69) is 4.90 Å². The first-order valence-electron chi connectivity index (χ1n) is 6.93. The molecule has 1 aliphatic heterocycles. The van der Waals surface area contributed by atoms with E-state index < -0.39 is 5.41 Å². The van der Waals surface area contributed by atoms with Crippen molar-refractivity contribution in [2.75, 3.05) is 13.6 Å². The summed E-state index contributed by atoms with van der Waals surface area (Å²) in [6, 6.07) is 0.411. The van der Waals surface area contributed by atoms with Gasteiger partial charge in [0.15, 0.2) is 0 Å². The predicted molar refractivity (Wildman–Crippen MR) is 75.5 cm³/mol. The van der Waals surface area contributed by atoms with Crippen molar-refractivity contribution in [3.8, 4) is 0 Å². The van der Waals surface area contributed by atoms with Crippen molar-refractivity contribution < 1.29 is 4.79 Å². The summed E-state index contributed by atoms with van der Waals surface area (Å²) < 4.78 is 0. The number of amides is 1. The van der Waals surface area contributed by atoms with E-state index in [1.165, 1.54) is 24.0 Å². The lowest BCUT2D eigenvalue weighted by atomic mass is 9.90. The van der Waals surface area contributed by atoms with E-state index in [9.17, 15) is 4.79 Å². The Bertz CT molecular complexity index is 421. The Hall–Kier alpha value is -1.52. The Labute approximate surface area is 114 Å². The van der Waals surface area contributed by atoms with E-state index in [0.29, 0.717) is 24.1 Å². The van der Waals surface area contributed by atoms with E-state index in [-0.39, 0.29) is 5.91 Å². The minimum atomic E-state index is -0.479. The van der Waals surface area contributed by atoms with E-state index in [1.54, 1.807) is 7.05 Å². The number of nitrogens with one attached hydrogen (secondary N) is 1. The summed E-state index contributed by atoms with van der Waals surface area (Å²) in [4.78, 5) is 16.1. The molecule has 19 heavy (non-hydrogen) atoms. The molecule has 1 fully saturated rings. The summed E-state index contributed by atoms with van der Waals surface area (Å²) in [7, 11) is 1.70. The van der Waals surface area contributed by atoms with E-state index in [1.807, 2.05) is 13.8 Å². The van der Waals surface area contributed by atoms with Crippen LogP contribution in [0.5, 0.6) is 0 Å². The topological polar surface area (TPSA) is 73.4 Å². The van der Waals surface area contributed by atoms with Crippen LogP contribution in [0.2, 0.25) is 0 Å². The molecule has 0 aromatic rings. The summed E-state index contributed by atoms with van der Waals surface area (Å²) >= 11 is 0. The number of carbonyl (C=O) groups is 1. The molecule has 0 aromatic heterocycles. The zero-order valence-electron chi connectivity index (χ0n) is 12.1. The highest BCUT2D eigenvalue weighted by molar-refractivity contribution is 5.91. The lowest BCUT2D eigenvalue weighted by Gasteiger charge is -2.34. The molecule has 3 N–H and O–H groups in total. The molecule has 2 rings (SSSR count). The maximum absolute atomic E-state index is 12.4. The minimum Gasteiger partial charge on any atom is -0.384 e. The van der Waals surface area contributed by atoms with Crippen LogP contribution in [0.15, 0.2) is 11.5 Å². The van der Waals surface area contributed by atoms with E-state index in [0.717, 1.165) is 12.8 Å². The fourth-order valence-electron chi connectivity index (χ4n) is 3.17. The van der Waals surface area contributed by atoms with Crippen molar-refractivity contribution in [2.45, 2.75) is 45.6 Å². The lowest BCUT2D eigenvalue weighted by Crippen LogP contribution is -2.44. The van der Waals surface area contributed by atoms with Crippen LogP contribution in [-0.2, 0) is 4.79 Å². The van der Waals surface area contributed by atoms with Crippen LogP contribution in [0.3, 0.4) is 0 Å². The van der Waals surface area contributed by atoms with Gasteiger partial charge < -0.3 is 20.9 Å². The van der Waals surface area contributed by atoms with Crippen LogP contribution >= 0.6 is 0 Å². The van der Waals surface area contributed by atoms with Crippen LogP contribution in [-0.4, -0.2) is 41.6 Å². The smallest absolute Gasteiger partial charge is 0.234 e. The van der Waals surface area contributed by atoms with Gasteiger partial charge in [-0.25, -0.2) is 0 Å². The second kappa shape index (κ2) is 4.87. The Balaban J connectivity index is 2.43. The molecule has 5 heteroatoms. The third-order valence-electron chi connectivity index (χ3n) is 4.28. The number of rotatable bonds is 2. The van der Waals surface area contributed by atoms with E-state index >= 15 is 0 Å². The van der Waals surface area contributed by atoms with Gasteiger partial charge in [-0.05, 0) is 26.7 Å². The molecule has 0 unspecified atom stereocenters. The van der Waals surface area contributed by atoms with Gasteiger partial charge in [-0.1, -0.05) is 12.8 Å². The quantitative estimate of drug-likeness (QED) is 0.742. The zero-order valence-corrected chi connectivity index (χ0v) is 12.1. The summed E-state index contributed by atoms with van der Waals surface area (Å²) in [6.45, 7) is 4.53. The van der Waals surface area contributed by atoms with Crippen molar-refractivity contribution in [2.24, 2.45) is 11.1 Å². The molecule has 5 nitrogen and oxygen atoms in total.